The van der Waals surface area contributed by atoms with Crippen molar-refractivity contribution in [3.63, 3.8) is 0 Å². The Hall–Kier alpha value is -9.72. The van der Waals surface area contributed by atoms with Gasteiger partial charge in [0.05, 0.1) is 106 Å². The number of rotatable bonds is 18. The molecule has 10 heterocycles. The van der Waals surface area contributed by atoms with Gasteiger partial charge in [0, 0.05) is 103 Å². The largest absolute Gasteiger partial charge is 0.469 e. The van der Waals surface area contributed by atoms with Crippen LogP contribution in [0.1, 0.15) is 210 Å². The van der Waals surface area contributed by atoms with Crippen LogP contribution >= 0.6 is 0 Å². The molecule has 6 aromatic rings. The summed E-state index contributed by atoms with van der Waals surface area (Å²) in [6.07, 6.45) is 7.12. The summed E-state index contributed by atoms with van der Waals surface area (Å²) in [5.74, 6) is -4.33. The van der Waals surface area contributed by atoms with E-state index in [0.717, 1.165) is 94.7 Å². The number of hydrogen-bond donors (Lipinski definition) is 4. The number of carbonyl (C=O) groups excluding carboxylic acids is 6. The Morgan fingerprint density at radius 2 is 0.979 bits per heavy atom. The molecule has 0 amide bonds. The Bertz CT molecular complexity index is 4590. The maximum atomic E-state index is 14.2. The third kappa shape index (κ3) is 12.5. The zero-order valence-electron chi connectivity index (χ0n) is 56.7. The van der Waals surface area contributed by atoms with E-state index in [4.69, 9.17) is 48.4 Å². The summed E-state index contributed by atoms with van der Waals surface area (Å²) >= 11 is 0. The lowest BCUT2D eigenvalue weighted by atomic mass is 9.84. The second-order valence-corrected chi connectivity index (χ2v) is 24.5. The van der Waals surface area contributed by atoms with E-state index in [-0.39, 0.29) is 78.1 Å². The lowest BCUT2D eigenvalue weighted by Gasteiger charge is -2.18. The summed E-state index contributed by atoms with van der Waals surface area (Å²) in [4.78, 5) is 117. The van der Waals surface area contributed by atoms with Crippen LogP contribution in [0.5, 0.6) is 0 Å². The van der Waals surface area contributed by atoms with Gasteiger partial charge in [-0.25, -0.2) is 19.6 Å². The van der Waals surface area contributed by atoms with Crippen LogP contribution in [0.15, 0.2) is 42.5 Å². The zero-order valence-corrected chi connectivity index (χ0v) is 56.7. The standard InChI is InChI=1S/C74H84N8O12/c1-17-42-35(4)51-29-54-38(7)46(23-25-63(83)89-11)70(79-54)50(28-66(86)92-14)72-68(74(88)94-16)41(10)57(82-72)33-61-45(37(6)53(77-61)31-58(42)75-51)21-20-22-48-44(19-3)60-32-56-40(9)67(73(87)93-15)71(81-56)49(27-65(85)91-13)69-47(24-26-64(84)90-12)39(8)55(80-69)30-52-36(5)43(18-2)59(76-52)34-62(48)78-60/h20-21,29-34,38-39,46-47,76-78,82H,17-19,22-28H2,1-16H3/b21-20+,51-29?,52-30?,53-31?,54-29?,55-30?,56-32?,57-33?,58-31?,59-34?,60-32?,61-33?,62-34?,69-49?,70-50?,71-49?,72-50?/t38-,39-,46-,47-/m0/s1. The van der Waals surface area contributed by atoms with Crippen molar-refractivity contribution in [3.05, 3.63) is 144 Å². The predicted octanol–water partition coefficient (Wildman–Crippen LogP) is 13.6. The number of fused-ring (bicyclic) bond motifs is 16. The zero-order chi connectivity index (χ0) is 67.7. The molecule has 16 bridgehead atoms. The molecule has 20 heteroatoms. The molecule has 0 fully saturated rings. The second kappa shape index (κ2) is 27.9. The second-order valence-electron chi connectivity index (χ2n) is 24.5. The number of carbonyl (C=O) groups is 6. The normalized spacial score (nSPS) is 16.2. The Kier molecular flexibility index (Phi) is 19.9. The summed E-state index contributed by atoms with van der Waals surface area (Å²) in [5, 5.41) is 0. The predicted molar refractivity (Wildman–Crippen MR) is 363 cm³/mol. The van der Waals surface area contributed by atoms with Crippen LogP contribution in [-0.2, 0) is 84.5 Å². The summed E-state index contributed by atoms with van der Waals surface area (Å²) in [6, 6.07) is 12.2. The number of nitrogens with one attached hydrogen (secondary N) is 4. The average Bonchev–Trinajstić information content (AvgIpc) is 1.61. The van der Waals surface area contributed by atoms with E-state index in [0.29, 0.717) is 94.6 Å². The van der Waals surface area contributed by atoms with Gasteiger partial charge in [-0.2, -0.15) is 0 Å². The van der Waals surface area contributed by atoms with E-state index in [1.54, 1.807) is 0 Å². The lowest BCUT2D eigenvalue weighted by molar-refractivity contribution is -0.141. The summed E-state index contributed by atoms with van der Waals surface area (Å²) < 4.78 is 31.8. The number of ether oxygens (including phenoxy) is 6. The minimum atomic E-state index is -0.635. The molecular weight excluding hydrogens is 1190 g/mol. The van der Waals surface area contributed by atoms with Crippen molar-refractivity contribution < 1.29 is 57.2 Å². The molecule has 492 valence electrons. The van der Waals surface area contributed by atoms with E-state index in [2.05, 4.69) is 99.6 Å². The van der Waals surface area contributed by atoms with Crippen LogP contribution in [0, 0.1) is 20.8 Å². The van der Waals surface area contributed by atoms with Crippen LogP contribution < -0.4 is 0 Å². The number of esters is 6. The minimum absolute atomic E-state index is 0.0917. The van der Waals surface area contributed by atoms with Gasteiger partial charge in [-0.3, -0.25) is 29.1 Å². The number of aromatic nitrogens is 8. The summed E-state index contributed by atoms with van der Waals surface area (Å²) in [5.41, 5.74) is 21.1. The minimum Gasteiger partial charge on any atom is -0.469 e. The Morgan fingerprint density at radius 3 is 1.57 bits per heavy atom. The van der Waals surface area contributed by atoms with E-state index in [1.807, 2.05) is 38.1 Å². The molecule has 4 aliphatic heterocycles. The molecule has 0 aliphatic carbocycles. The van der Waals surface area contributed by atoms with E-state index in [1.165, 1.54) is 42.7 Å². The number of hydrogen-bond acceptors (Lipinski definition) is 16. The maximum absolute atomic E-state index is 14.2. The van der Waals surface area contributed by atoms with E-state index < -0.39 is 23.9 Å². The molecule has 4 atom stereocenters. The molecule has 10 rings (SSSR count). The van der Waals surface area contributed by atoms with Gasteiger partial charge in [0.2, 0.25) is 0 Å². The SMILES string of the molecule is CCC1=C(C)c2cc3nc(c(CC(=O)OC)c4[nH]c(cc5[nH]c(cc1n2)c(C)c5/C=C/Cc1c(CC)c2cc5nc(c(CC(=O)OC)c6nc(cc7[nH]c(cc1[nH]2)c(CC)c7C)[C@@H](C)[C@@H]6CCC(=O)OC)C(C(=O)OC)=C5C)c(C)c4C(=O)OC)[C@@H](CCC(=O)OC)[C@@H]3C. The molecule has 94 heavy (non-hydrogen) atoms. The third-order valence-electron chi connectivity index (χ3n) is 19.6. The Labute approximate surface area is 546 Å². The molecule has 20 nitrogen and oxygen atoms in total. The van der Waals surface area contributed by atoms with Gasteiger partial charge in [-0.05, 0) is 160 Å². The fourth-order valence-corrected chi connectivity index (χ4v) is 14.1. The van der Waals surface area contributed by atoms with Crippen LogP contribution in [-0.4, -0.2) is 118 Å². The molecule has 4 aliphatic rings. The van der Waals surface area contributed by atoms with Crippen LogP contribution in [0.4, 0.5) is 0 Å². The van der Waals surface area contributed by atoms with E-state index >= 15 is 0 Å². The van der Waals surface area contributed by atoms with Crippen molar-refractivity contribution >= 4 is 108 Å². The monoisotopic (exact) mass is 1280 g/mol. The number of aromatic amines is 4. The van der Waals surface area contributed by atoms with Crippen molar-refractivity contribution in [1.82, 2.24) is 39.9 Å². The molecule has 6 aromatic heterocycles. The fourth-order valence-electron chi connectivity index (χ4n) is 14.1. The fraction of sp³-hybridized carbons (Fsp3) is 0.405. The number of allylic oxidation sites excluding steroid dienone is 4. The lowest BCUT2D eigenvalue weighted by Crippen LogP contribution is -2.15. The quantitative estimate of drug-likeness (QED) is 0.0460. The highest BCUT2D eigenvalue weighted by atomic mass is 16.5. The van der Waals surface area contributed by atoms with Crippen molar-refractivity contribution in [2.75, 3.05) is 42.7 Å². The number of nitrogens with zero attached hydrogens (tertiary/aromatic N) is 4. The number of methoxy groups -OCH3 is 6. The van der Waals surface area contributed by atoms with Gasteiger partial charge in [0.15, 0.2) is 0 Å². The van der Waals surface area contributed by atoms with Crippen LogP contribution in [0.25, 0.3) is 72.5 Å². The van der Waals surface area contributed by atoms with Gasteiger partial charge < -0.3 is 48.4 Å². The highest BCUT2D eigenvalue weighted by Crippen LogP contribution is 2.46. The molecule has 0 saturated carbocycles. The highest BCUT2D eigenvalue weighted by molar-refractivity contribution is 6.25. The topological polar surface area (TPSA) is 273 Å². The first kappa shape index (κ1) is 67.2. The Morgan fingerprint density at radius 1 is 0.468 bits per heavy atom. The average molecular weight is 1280 g/mol. The summed E-state index contributed by atoms with van der Waals surface area (Å²) in [7, 11) is 7.97. The third-order valence-corrected chi connectivity index (χ3v) is 19.6. The van der Waals surface area contributed by atoms with E-state index in [9.17, 15) is 28.8 Å². The first-order chi connectivity index (χ1) is 45.1. The maximum Gasteiger partial charge on any atom is 0.340 e. The first-order valence-electron chi connectivity index (χ1n) is 32.1. The number of aryl methyl sites for hydroxylation is 5. The molecule has 0 unspecified atom stereocenters. The van der Waals surface area contributed by atoms with Gasteiger partial charge in [-0.1, -0.05) is 46.8 Å². The molecular formula is C74H84N8O12. The first-order valence-corrected chi connectivity index (χ1v) is 32.1. The molecule has 0 radical (unpaired) electrons. The molecule has 0 aromatic carbocycles. The molecule has 0 spiro atoms. The van der Waals surface area contributed by atoms with Gasteiger partial charge in [-0.15, -0.1) is 0 Å². The van der Waals surface area contributed by atoms with Crippen molar-refractivity contribution in [1.29, 1.82) is 0 Å². The Balaban J connectivity index is 1.25. The van der Waals surface area contributed by atoms with Crippen LogP contribution in [0.3, 0.4) is 0 Å². The number of H-pyrrole nitrogens is 4. The van der Waals surface area contributed by atoms with Crippen molar-refractivity contribution in [2.24, 2.45) is 0 Å². The van der Waals surface area contributed by atoms with Gasteiger partial charge in [0.25, 0.3) is 0 Å². The van der Waals surface area contributed by atoms with Crippen molar-refractivity contribution in [2.45, 2.75) is 157 Å². The molecule has 0 saturated heterocycles. The van der Waals surface area contributed by atoms with Gasteiger partial charge >= 0.3 is 35.8 Å². The van der Waals surface area contributed by atoms with Gasteiger partial charge in [0.1, 0.15) is 0 Å². The smallest absolute Gasteiger partial charge is 0.340 e. The summed E-state index contributed by atoms with van der Waals surface area (Å²) in [6.45, 7) is 20.3. The highest BCUT2D eigenvalue weighted by Gasteiger charge is 2.38. The van der Waals surface area contributed by atoms with Crippen molar-refractivity contribution in [3.8, 4) is 0 Å². The van der Waals surface area contributed by atoms with Crippen LogP contribution in [0.2, 0.25) is 0 Å². The molecule has 4 N–H and O–H groups in total.